The van der Waals surface area contributed by atoms with Crippen molar-refractivity contribution in [3.8, 4) is 0 Å². The van der Waals surface area contributed by atoms with E-state index in [1.165, 1.54) is 6.08 Å². The number of aliphatic hydroxyl groups excluding tert-OH is 1. The summed E-state index contributed by atoms with van der Waals surface area (Å²) in [6.45, 7) is 7.70. The molecule has 3 aliphatic rings. The number of hydrogen-bond donors (Lipinski definition) is 1. The molecule has 0 bridgehead atoms. The van der Waals surface area contributed by atoms with E-state index in [9.17, 15) is 14.7 Å². The molecule has 5 nitrogen and oxygen atoms in total. The van der Waals surface area contributed by atoms with E-state index in [0.717, 1.165) is 51.4 Å². The monoisotopic (exact) mass is 433 g/mol. The Kier molecular flexibility index (Phi) is 7.68. The molecule has 7 atom stereocenters. The van der Waals surface area contributed by atoms with Crippen LogP contribution in [0.5, 0.6) is 0 Å². The van der Waals surface area contributed by atoms with Gasteiger partial charge in [-0.3, -0.25) is 4.79 Å². The molecule has 3 aliphatic carbocycles. The van der Waals surface area contributed by atoms with Gasteiger partial charge in [0.15, 0.2) is 0 Å². The number of Topliss-reactive ketones (excluding diaryl/α,β-unsaturated/α-hetero) is 1. The van der Waals surface area contributed by atoms with Crippen molar-refractivity contribution in [3.63, 3.8) is 0 Å². The Hall–Kier alpha value is -1.20. The van der Waals surface area contributed by atoms with Crippen LogP contribution in [0.15, 0.2) is 12.2 Å². The highest BCUT2D eigenvalue weighted by molar-refractivity contribution is 5.89. The van der Waals surface area contributed by atoms with Gasteiger partial charge < -0.3 is 14.7 Å². The number of carbonyl (C=O) groups is 2. The number of hydrogen-bond acceptors (Lipinski definition) is 5. The Morgan fingerprint density at radius 2 is 1.97 bits per heavy atom. The number of carbonyl (C=O) groups excluding carboxylic acids is 2. The normalized spacial score (nSPS) is 39.3. The molecule has 0 spiro atoms. The summed E-state index contributed by atoms with van der Waals surface area (Å²) in [5, 5.41) is 10.2. The van der Waals surface area contributed by atoms with Crippen molar-refractivity contribution < 1.29 is 19.4 Å². The van der Waals surface area contributed by atoms with E-state index in [1.807, 2.05) is 25.1 Å². The van der Waals surface area contributed by atoms with Gasteiger partial charge in [0.25, 0.3) is 0 Å². The minimum Gasteiger partial charge on any atom is -0.461 e. The number of rotatable bonds is 7. The summed E-state index contributed by atoms with van der Waals surface area (Å²) in [6, 6.07) is 0. The Labute approximate surface area is 188 Å². The topological polar surface area (TPSA) is 66.8 Å². The van der Waals surface area contributed by atoms with Gasteiger partial charge in [0, 0.05) is 24.0 Å². The van der Waals surface area contributed by atoms with Crippen molar-refractivity contribution in [2.24, 2.45) is 34.5 Å². The zero-order valence-corrected chi connectivity index (χ0v) is 20.2. The first-order valence-corrected chi connectivity index (χ1v) is 12.3. The van der Waals surface area contributed by atoms with Crippen LogP contribution in [0, 0.1) is 34.5 Å². The lowest BCUT2D eigenvalue weighted by molar-refractivity contribution is -0.156. The second-order valence-corrected chi connectivity index (χ2v) is 11.1. The van der Waals surface area contributed by atoms with Gasteiger partial charge in [-0.1, -0.05) is 26.8 Å². The molecule has 5 heteroatoms. The van der Waals surface area contributed by atoms with Gasteiger partial charge >= 0.3 is 5.97 Å². The summed E-state index contributed by atoms with van der Waals surface area (Å²) in [4.78, 5) is 28.0. The molecule has 0 aliphatic heterocycles. The first-order valence-electron chi connectivity index (χ1n) is 12.3. The van der Waals surface area contributed by atoms with Gasteiger partial charge in [-0.25, -0.2) is 4.79 Å². The molecule has 0 amide bonds. The molecule has 3 rings (SSSR count). The van der Waals surface area contributed by atoms with Gasteiger partial charge in [-0.05, 0) is 88.6 Å². The minimum absolute atomic E-state index is 0.0565. The molecule has 0 heterocycles. The molecule has 31 heavy (non-hydrogen) atoms. The molecule has 1 N–H and O–H groups in total. The molecule has 0 aromatic heterocycles. The van der Waals surface area contributed by atoms with Crippen LogP contribution in [0.4, 0.5) is 0 Å². The average Bonchev–Trinajstić information content (AvgIpc) is 2.71. The van der Waals surface area contributed by atoms with Crippen molar-refractivity contribution in [1.29, 1.82) is 0 Å². The van der Waals surface area contributed by atoms with Gasteiger partial charge in [0.2, 0.25) is 0 Å². The van der Waals surface area contributed by atoms with Gasteiger partial charge in [0.05, 0.1) is 6.10 Å². The molecular weight excluding hydrogens is 390 g/mol. The van der Waals surface area contributed by atoms with Crippen LogP contribution in [0.1, 0.15) is 72.1 Å². The lowest BCUT2D eigenvalue weighted by Gasteiger charge is -2.58. The van der Waals surface area contributed by atoms with Crippen LogP contribution in [0.3, 0.4) is 0 Å². The zero-order chi connectivity index (χ0) is 22.8. The molecule has 0 aromatic carbocycles. The molecule has 0 radical (unpaired) electrons. The SMILES string of the molecule is CC[C@@H](/C=C/C(=O)OCCN(C)C)[C@@]1(C)CCC2C(CC[C@@H]3C[C@@H](O)CC[C@]23C)C1=O. The standard InChI is InChI=1S/C26H43NO4/c1-6-18(8-10-23(29)31-16-15-27(4)5)26(3)14-12-22-21(24(26)30)9-7-19-17-20(28)11-13-25(19,22)2/h8,10,18-22,28H,6-7,9,11-17H2,1-5H3/b10-8+/t18-,19+,20-,21?,22?,25-,26+/m0/s1. The van der Waals surface area contributed by atoms with Crippen molar-refractivity contribution in [2.75, 3.05) is 27.2 Å². The molecule has 0 aromatic rings. The number of nitrogens with zero attached hydrogens (tertiary/aromatic N) is 1. The molecule has 176 valence electrons. The van der Waals surface area contributed by atoms with Gasteiger partial charge in [-0.15, -0.1) is 0 Å². The van der Waals surface area contributed by atoms with E-state index in [-0.39, 0.29) is 29.3 Å². The summed E-state index contributed by atoms with van der Waals surface area (Å²) in [7, 11) is 3.89. The van der Waals surface area contributed by atoms with Crippen molar-refractivity contribution in [3.05, 3.63) is 12.2 Å². The Balaban J connectivity index is 1.69. The van der Waals surface area contributed by atoms with Crippen LogP contribution in [-0.2, 0) is 14.3 Å². The van der Waals surface area contributed by atoms with Crippen LogP contribution in [0.25, 0.3) is 0 Å². The first-order chi connectivity index (χ1) is 14.6. The van der Waals surface area contributed by atoms with E-state index in [2.05, 4.69) is 20.8 Å². The highest BCUT2D eigenvalue weighted by atomic mass is 16.5. The summed E-state index contributed by atoms with van der Waals surface area (Å²) in [5.41, 5.74) is -0.222. The number of aliphatic hydroxyl groups is 1. The second kappa shape index (κ2) is 9.74. The number of ketones is 1. The predicted octanol–water partition coefficient (Wildman–Crippen LogP) is 4.24. The van der Waals surface area contributed by atoms with Crippen molar-refractivity contribution in [2.45, 2.75) is 78.2 Å². The van der Waals surface area contributed by atoms with Gasteiger partial charge in [-0.2, -0.15) is 0 Å². The lowest BCUT2D eigenvalue weighted by Crippen LogP contribution is -2.55. The zero-order valence-electron chi connectivity index (χ0n) is 20.2. The van der Waals surface area contributed by atoms with Crippen LogP contribution >= 0.6 is 0 Å². The summed E-state index contributed by atoms with van der Waals surface area (Å²) >= 11 is 0. The molecule has 3 saturated carbocycles. The maximum Gasteiger partial charge on any atom is 0.330 e. The van der Waals surface area contributed by atoms with Crippen molar-refractivity contribution >= 4 is 11.8 Å². The van der Waals surface area contributed by atoms with Crippen LogP contribution < -0.4 is 0 Å². The fraction of sp³-hybridized carbons (Fsp3) is 0.846. The van der Waals surface area contributed by atoms with Gasteiger partial charge in [0.1, 0.15) is 12.4 Å². The van der Waals surface area contributed by atoms with E-state index in [1.54, 1.807) is 0 Å². The highest BCUT2D eigenvalue weighted by Gasteiger charge is 2.57. The Bertz CT molecular complexity index is 689. The number of allylic oxidation sites excluding steroid dienone is 1. The van der Waals surface area contributed by atoms with Crippen LogP contribution in [0.2, 0.25) is 0 Å². The molecule has 2 unspecified atom stereocenters. The molecular formula is C26H43NO4. The fourth-order valence-electron chi connectivity index (χ4n) is 6.96. The fourth-order valence-corrected chi connectivity index (χ4v) is 6.96. The Morgan fingerprint density at radius 3 is 2.65 bits per heavy atom. The van der Waals surface area contributed by atoms with Crippen LogP contribution in [-0.4, -0.2) is 55.1 Å². The number of ether oxygens (including phenoxy) is 1. The minimum atomic E-state index is -0.409. The third-order valence-corrected chi connectivity index (χ3v) is 9.04. The Morgan fingerprint density at radius 1 is 1.23 bits per heavy atom. The third kappa shape index (κ3) is 4.93. The largest absolute Gasteiger partial charge is 0.461 e. The third-order valence-electron chi connectivity index (χ3n) is 9.04. The quantitative estimate of drug-likeness (QED) is 0.481. The summed E-state index contributed by atoms with van der Waals surface area (Å²) < 4.78 is 5.29. The predicted molar refractivity (Wildman–Crippen MR) is 122 cm³/mol. The maximum absolute atomic E-state index is 13.8. The molecule has 3 fully saturated rings. The van der Waals surface area contributed by atoms with Crippen molar-refractivity contribution in [1.82, 2.24) is 4.90 Å². The lowest BCUT2D eigenvalue weighted by atomic mass is 9.46. The van der Waals surface area contributed by atoms with E-state index in [0.29, 0.717) is 30.8 Å². The first kappa shape index (κ1) is 24.4. The average molecular weight is 434 g/mol. The number of fused-ring (bicyclic) bond motifs is 3. The molecule has 0 saturated heterocycles. The maximum atomic E-state index is 13.8. The van der Waals surface area contributed by atoms with E-state index in [4.69, 9.17) is 4.74 Å². The summed E-state index contributed by atoms with van der Waals surface area (Å²) in [6.07, 6.45) is 10.9. The number of esters is 1. The number of likely N-dealkylation sites (N-methyl/N-ethyl adjacent to an activating group) is 1. The second-order valence-electron chi connectivity index (χ2n) is 11.1. The van der Waals surface area contributed by atoms with E-state index >= 15 is 0 Å². The highest BCUT2D eigenvalue weighted by Crippen LogP contribution is 2.61. The smallest absolute Gasteiger partial charge is 0.330 e. The summed E-state index contributed by atoms with van der Waals surface area (Å²) in [5.74, 6) is 1.27. The van der Waals surface area contributed by atoms with E-state index < -0.39 is 5.41 Å².